The molecule has 0 aromatic heterocycles. The third-order valence-electron chi connectivity index (χ3n) is 7.11. The van der Waals surface area contributed by atoms with Crippen LogP contribution < -0.4 is 11.5 Å². The van der Waals surface area contributed by atoms with Gasteiger partial charge in [0.15, 0.2) is 0 Å². The van der Waals surface area contributed by atoms with Crippen molar-refractivity contribution in [3.8, 4) is 11.1 Å². The Morgan fingerprint density at radius 1 is 0.756 bits per heavy atom. The van der Waals surface area contributed by atoms with Crippen LogP contribution in [0.25, 0.3) is 11.1 Å². The zero-order valence-corrected chi connectivity index (χ0v) is 24.7. The van der Waals surface area contributed by atoms with Gasteiger partial charge in [-0.3, -0.25) is 14.4 Å². The SMILES string of the molecule is C/C(=C\C(=O)N(C)[C@@H](Cc1ccc(-c2ccccc2)cc1)C(=O)N(C)[C@@H](Cc1ccccc1)C(N)=O)CC(C)(C)N. The maximum absolute atomic E-state index is 14.0. The summed E-state index contributed by atoms with van der Waals surface area (Å²) in [5.41, 5.74) is 16.2. The Bertz CT molecular complexity index is 1350. The smallest absolute Gasteiger partial charge is 0.246 e. The van der Waals surface area contributed by atoms with Crippen molar-refractivity contribution in [2.24, 2.45) is 11.5 Å². The summed E-state index contributed by atoms with van der Waals surface area (Å²) in [4.78, 5) is 42.7. The number of benzene rings is 3. The van der Waals surface area contributed by atoms with E-state index in [4.69, 9.17) is 11.5 Å². The highest BCUT2D eigenvalue weighted by Crippen LogP contribution is 2.22. The molecule has 216 valence electrons. The number of rotatable bonds is 12. The molecule has 0 aliphatic rings. The predicted octanol–water partition coefficient (Wildman–Crippen LogP) is 4.35. The van der Waals surface area contributed by atoms with Crippen LogP contribution in [-0.2, 0) is 27.2 Å². The second-order valence-corrected chi connectivity index (χ2v) is 11.4. The summed E-state index contributed by atoms with van der Waals surface area (Å²) >= 11 is 0. The van der Waals surface area contributed by atoms with Crippen LogP contribution in [0.15, 0.2) is 96.6 Å². The number of nitrogens with zero attached hydrogens (tertiary/aromatic N) is 2. The van der Waals surface area contributed by atoms with E-state index < -0.39 is 23.5 Å². The molecule has 4 N–H and O–H groups in total. The van der Waals surface area contributed by atoms with Crippen LogP contribution in [0.4, 0.5) is 0 Å². The molecule has 0 radical (unpaired) electrons. The standard InChI is InChI=1S/C34H42N4O3/c1-24(23-34(2,3)36)20-31(39)37(4)30(22-26-16-18-28(19-17-26)27-14-10-7-11-15-27)33(41)38(5)29(32(35)40)21-25-12-8-6-9-13-25/h6-20,29-30H,21-23,36H2,1-5H3,(H2,35,40)/b24-20+/t29-,30-/m0/s1. The van der Waals surface area contributed by atoms with E-state index in [0.29, 0.717) is 6.42 Å². The lowest BCUT2D eigenvalue weighted by Crippen LogP contribution is -2.55. The quantitative estimate of drug-likeness (QED) is 0.324. The average molecular weight is 555 g/mol. The number of likely N-dealkylation sites (N-methyl/N-ethyl adjacent to an activating group) is 2. The van der Waals surface area contributed by atoms with Gasteiger partial charge in [-0.1, -0.05) is 90.5 Å². The lowest BCUT2D eigenvalue weighted by molar-refractivity contribution is -0.145. The zero-order valence-electron chi connectivity index (χ0n) is 24.7. The molecular weight excluding hydrogens is 512 g/mol. The van der Waals surface area contributed by atoms with Gasteiger partial charge in [-0.2, -0.15) is 0 Å². The van der Waals surface area contributed by atoms with E-state index in [1.807, 2.05) is 106 Å². The average Bonchev–Trinajstić information content (AvgIpc) is 2.93. The summed E-state index contributed by atoms with van der Waals surface area (Å²) < 4.78 is 0. The zero-order chi connectivity index (χ0) is 30.2. The highest BCUT2D eigenvalue weighted by atomic mass is 16.2. The third-order valence-corrected chi connectivity index (χ3v) is 7.11. The number of hydrogen-bond donors (Lipinski definition) is 2. The minimum atomic E-state index is -0.869. The van der Waals surface area contributed by atoms with Crippen LogP contribution in [0.1, 0.15) is 38.3 Å². The summed E-state index contributed by atoms with van der Waals surface area (Å²) in [6.07, 6.45) is 2.61. The third kappa shape index (κ3) is 9.15. The number of amides is 3. The summed E-state index contributed by atoms with van der Waals surface area (Å²) in [5.74, 6) is -1.28. The molecule has 3 aromatic rings. The molecular formula is C34H42N4O3. The Kier molecular flexibility index (Phi) is 10.6. The van der Waals surface area contributed by atoms with E-state index >= 15 is 0 Å². The van der Waals surface area contributed by atoms with Crippen LogP contribution in [-0.4, -0.2) is 59.2 Å². The van der Waals surface area contributed by atoms with Crippen molar-refractivity contribution in [2.75, 3.05) is 14.1 Å². The van der Waals surface area contributed by atoms with E-state index in [-0.39, 0.29) is 24.7 Å². The fourth-order valence-electron chi connectivity index (χ4n) is 4.97. The first-order chi connectivity index (χ1) is 19.4. The molecule has 0 unspecified atom stereocenters. The molecule has 0 saturated carbocycles. The largest absolute Gasteiger partial charge is 0.368 e. The molecule has 0 aliphatic carbocycles. The summed E-state index contributed by atoms with van der Waals surface area (Å²) in [7, 11) is 3.19. The van der Waals surface area contributed by atoms with Crippen LogP contribution >= 0.6 is 0 Å². The molecule has 3 rings (SSSR count). The molecule has 0 heterocycles. The Labute approximate surface area is 243 Å². The van der Waals surface area contributed by atoms with Gasteiger partial charge in [-0.15, -0.1) is 0 Å². The van der Waals surface area contributed by atoms with Crippen molar-refractivity contribution in [3.63, 3.8) is 0 Å². The van der Waals surface area contributed by atoms with Crippen molar-refractivity contribution >= 4 is 17.7 Å². The Morgan fingerprint density at radius 2 is 1.24 bits per heavy atom. The Balaban J connectivity index is 1.91. The van der Waals surface area contributed by atoms with Crippen molar-refractivity contribution in [3.05, 3.63) is 108 Å². The maximum atomic E-state index is 14.0. The molecule has 0 bridgehead atoms. The minimum absolute atomic E-state index is 0.270. The van der Waals surface area contributed by atoms with Gasteiger partial charge in [-0.25, -0.2) is 0 Å². The molecule has 7 heteroatoms. The molecule has 41 heavy (non-hydrogen) atoms. The van der Waals surface area contributed by atoms with Crippen molar-refractivity contribution in [1.82, 2.24) is 9.80 Å². The van der Waals surface area contributed by atoms with Crippen LogP contribution in [0.5, 0.6) is 0 Å². The van der Waals surface area contributed by atoms with E-state index in [9.17, 15) is 14.4 Å². The first-order valence-corrected chi connectivity index (χ1v) is 13.8. The van der Waals surface area contributed by atoms with Crippen molar-refractivity contribution in [2.45, 2.75) is 57.7 Å². The maximum Gasteiger partial charge on any atom is 0.246 e. The number of primary amides is 1. The monoisotopic (exact) mass is 554 g/mol. The van der Waals surface area contributed by atoms with Crippen LogP contribution in [0, 0.1) is 0 Å². The van der Waals surface area contributed by atoms with Crippen molar-refractivity contribution < 1.29 is 14.4 Å². The second-order valence-electron chi connectivity index (χ2n) is 11.4. The highest BCUT2D eigenvalue weighted by molar-refractivity contribution is 5.95. The number of nitrogens with two attached hydrogens (primary N) is 2. The second kappa shape index (κ2) is 13.9. The summed E-state index contributed by atoms with van der Waals surface area (Å²) in [6.45, 7) is 5.65. The van der Waals surface area contributed by atoms with E-state index in [1.165, 1.54) is 15.9 Å². The lowest BCUT2D eigenvalue weighted by Gasteiger charge is -2.34. The minimum Gasteiger partial charge on any atom is -0.368 e. The predicted molar refractivity (Wildman–Crippen MR) is 165 cm³/mol. The number of carbonyl (C=O) groups excluding carboxylic acids is 3. The van der Waals surface area contributed by atoms with Crippen molar-refractivity contribution in [1.29, 1.82) is 0 Å². The van der Waals surface area contributed by atoms with E-state index in [2.05, 4.69) is 0 Å². The lowest BCUT2D eigenvalue weighted by atomic mass is 9.96. The summed E-state index contributed by atoms with van der Waals surface area (Å²) in [5, 5.41) is 0. The Hall–Kier alpha value is -4.23. The van der Waals surface area contributed by atoms with Crippen LogP contribution in [0.3, 0.4) is 0 Å². The summed E-state index contributed by atoms with van der Waals surface area (Å²) in [6, 6.07) is 25.7. The Morgan fingerprint density at radius 3 is 1.78 bits per heavy atom. The first kappa shape index (κ1) is 31.3. The fraction of sp³-hybridized carbons (Fsp3) is 0.324. The molecule has 0 fully saturated rings. The molecule has 0 saturated heterocycles. The molecule has 0 aliphatic heterocycles. The fourth-order valence-corrected chi connectivity index (χ4v) is 4.97. The van der Waals surface area contributed by atoms with Gasteiger partial charge in [0.25, 0.3) is 0 Å². The number of carbonyl (C=O) groups is 3. The van der Waals surface area contributed by atoms with E-state index in [0.717, 1.165) is 27.8 Å². The molecule has 2 atom stereocenters. The van der Waals surface area contributed by atoms with Gasteiger partial charge < -0.3 is 21.3 Å². The van der Waals surface area contributed by atoms with Gasteiger partial charge in [0.2, 0.25) is 17.7 Å². The van der Waals surface area contributed by atoms with Gasteiger partial charge in [-0.05, 0) is 49.4 Å². The van der Waals surface area contributed by atoms with Gasteiger partial charge in [0, 0.05) is 38.6 Å². The normalized spacial score (nSPS) is 13.3. The molecule has 3 aromatic carbocycles. The first-order valence-electron chi connectivity index (χ1n) is 13.8. The molecule has 7 nitrogen and oxygen atoms in total. The number of hydrogen-bond acceptors (Lipinski definition) is 4. The highest BCUT2D eigenvalue weighted by Gasteiger charge is 2.34. The van der Waals surface area contributed by atoms with Crippen LogP contribution in [0.2, 0.25) is 0 Å². The van der Waals surface area contributed by atoms with Gasteiger partial charge in [0.05, 0.1) is 0 Å². The van der Waals surface area contributed by atoms with E-state index in [1.54, 1.807) is 14.1 Å². The molecule has 0 spiro atoms. The topological polar surface area (TPSA) is 110 Å². The van der Waals surface area contributed by atoms with Gasteiger partial charge in [0.1, 0.15) is 12.1 Å². The van der Waals surface area contributed by atoms with Gasteiger partial charge >= 0.3 is 0 Å². The molecule has 3 amide bonds.